The number of benzene rings is 1. The van der Waals surface area contributed by atoms with Crippen LogP contribution < -0.4 is 10.3 Å². The number of aryl methyl sites for hydroxylation is 1. The molecule has 0 saturated heterocycles. The van der Waals surface area contributed by atoms with E-state index in [1.807, 2.05) is 22.2 Å². The highest BCUT2D eigenvalue weighted by Gasteiger charge is 2.08. The molecule has 1 aromatic carbocycles. The molecule has 92 valence electrons. The normalized spacial score (nSPS) is 11.3. The van der Waals surface area contributed by atoms with Gasteiger partial charge >= 0.3 is 0 Å². The van der Waals surface area contributed by atoms with E-state index in [9.17, 15) is 4.79 Å². The topological polar surface area (TPSA) is 31.2 Å². The van der Waals surface area contributed by atoms with Crippen molar-refractivity contribution < 1.29 is 4.74 Å². The van der Waals surface area contributed by atoms with Gasteiger partial charge in [-0.1, -0.05) is 25.4 Å². The van der Waals surface area contributed by atoms with Gasteiger partial charge in [0.05, 0.1) is 17.2 Å². The summed E-state index contributed by atoms with van der Waals surface area (Å²) in [5, 5.41) is 0.791. The summed E-state index contributed by atoms with van der Waals surface area (Å²) >= 11 is 1.52. The fourth-order valence-corrected chi connectivity index (χ4v) is 2.74. The Balaban J connectivity index is 2.38. The highest BCUT2D eigenvalue weighted by Crippen LogP contribution is 2.22. The molecule has 4 heteroatoms. The molecule has 1 heterocycles. The third-order valence-corrected chi connectivity index (χ3v) is 3.87. The molecule has 2 aromatic rings. The van der Waals surface area contributed by atoms with Crippen molar-refractivity contribution in [1.82, 2.24) is 3.96 Å². The number of nitrogens with zero attached hydrogens (tertiary/aromatic N) is 1. The van der Waals surface area contributed by atoms with Crippen molar-refractivity contribution >= 4 is 21.6 Å². The van der Waals surface area contributed by atoms with Gasteiger partial charge in [-0.3, -0.25) is 8.75 Å². The van der Waals surface area contributed by atoms with Gasteiger partial charge in [0.1, 0.15) is 5.75 Å². The smallest absolute Gasteiger partial charge is 0.268 e. The lowest BCUT2D eigenvalue weighted by atomic mass is 10.1. The van der Waals surface area contributed by atoms with Crippen LogP contribution in [0.4, 0.5) is 0 Å². The largest absolute Gasteiger partial charge is 0.497 e. The Labute approximate surface area is 105 Å². The minimum Gasteiger partial charge on any atom is -0.497 e. The van der Waals surface area contributed by atoms with Crippen LogP contribution in [-0.4, -0.2) is 11.1 Å². The standard InChI is InChI=1S/C13H17NO2S/c1-9(2)6-7-14-13(15)11-5-4-10(16-3)8-12(11)17-14/h4-5,8-9H,6-7H2,1-3H3. The third-order valence-electron chi connectivity index (χ3n) is 2.76. The molecular weight excluding hydrogens is 234 g/mol. The van der Waals surface area contributed by atoms with Crippen LogP contribution in [0.5, 0.6) is 5.75 Å². The summed E-state index contributed by atoms with van der Waals surface area (Å²) in [5.41, 5.74) is 0.119. The van der Waals surface area contributed by atoms with Gasteiger partial charge in [-0.25, -0.2) is 0 Å². The molecule has 0 fully saturated rings. The number of rotatable bonds is 4. The molecule has 0 N–H and O–H groups in total. The van der Waals surface area contributed by atoms with E-state index in [1.165, 1.54) is 11.5 Å². The van der Waals surface area contributed by atoms with Crippen LogP contribution in [0.2, 0.25) is 0 Å². The highest BCUT2D eigenvalue weighted by atomic mass is 32.1. The van der Waals surface area contributed by atoms with Crippen molar-refractivity contribution in [2.24, 2.45) is 5.92 Å². The van der Waals surface area contributed by atoms with E-state index in [2.05, 4.69) is 13.8 Å². The number of methoxy groups -OCH3 is 1. The van der Waals surface area contributed by atoms with Crippen molar-refractivity contribution in [3.05, 3.63) is 28.6 Å². The van der Waals surface area contributed by atoms with Crippen LogP contribution in [0.3, 0.4) is 0 Å². The second kappa shape index (κ2) is 4.92. The number of hydrogen-bond donors (Lipinski definition) is 0. The lowest BCUT2D eigenvalue weighted by Gasteiger charge is -2.02. The summed E-state index contributed by atoms with van der Waals surface area (Å²) in [4.78, 5) is 12.1. The molecule has 3 nitrogen and oxygen atoms in total. The first-order valence-corrected chi connectivity index (χ1v) is 6.57. The monoisotopic (exact) mass is 251 g/mol. The Kier molecular flexibility index (Phi) is 3.52. The first-order chi connectivity index (χ1) is 8.11. The maximum Gasteiger partial charge on any atom is 0.268 e. The van der Waals surface area contributed by atoms with Crippen molar-refractivity contribution in [1.29, 1.82) is 0 Å². The van der Waals surface area contributed by atoms with E-state index in [0.29, 0.717) is 5.92 Å². The van der Waals surface area contributed by atoms with E-state index in [-0.39, 0.29) is 5.56 Å². The molecule has 0 saturated carbocycles. The predicted octanol–water partition coefficient (Wildman–Crippen LogP) is 3.12. The van der Waals surface area contributed by atoms with Crippen molar-refractivity contribution in [2.75, 3.05) is 7.11 Å². The number of hydrogen-bond acceptors (Lipinski definition) is 3. The molecule has 2 rings (SSSR count). The lowest BCUT2D eigenvalue weighted by Crippen LogP contribution is -2.13. The van der Waals surface area contributed by atoms with Gasteiger partial charge in [0, 0.05) is 6.54 Å². The minimum atomic E-state index is 0.119. The molecular formula is C13H17NO2S. The number of ether oxygens (including phenoxy) is 1. The molecule has 0 radical (unpaired) electrons. The fraction of sp³-hybridized carbons (Fsp3) is 0.462. The molecule has 0 aliphatic rings. The summed E-state index contributed by atoms with van der Waals surface area (Å²) in [7, 11) is 1.64. The van der Waals surface area contributed by atoms with Crippen LogP contribution >= 0.6 is 11.5 Å². The fourth-order valence-electron chi connectivity index (χ4n) is 1.70. The molecule has 0 spiro atoms. The van der Waals surface area contributed by atoms with Gasteiger partial charge < -0.3 is 4.74 Å². The molecule has 0 bridgehead atoms. The summed E-state index contributed by atoms with van der Waals surface area (Å²) < 4.78 is 8.00. The zero-order chi connectivity index (χ0) is 12.4. The maximum absolute atomic E-state index is 12.1. The summed E-state index contributed by atoms with van der Waals surface area (Å²) in [6.45, 7) is 5.14. The van der Waals surface area contributed by atoms with E-state index in [4.69, 9.17) is 4.74 Å². The molecule has 0 atom stereocenters. The van der Waals surface area contributed by atoms with Crippen molar-refractivity contribution in [3.63, 3.8) is 0 Å². The van der Waals surface area contributed by atoms with E-state index >= 15 is 0 Å². The molecule has 1 aromatic heterocycles. The summed E-state index contributed by atoms with van der Waals surface area (Å²) in [6, 6.07) is 5.61. The maximum atomic E-state index is 12.1. The highest BCUT2D eigenvalue weighted by molar-refractivity contribution is 7.13. The molecule has 0 aliphatic heterocycles. The Hall–Kier alpha value is -1.29. The quantitative estimate of drug-likeness (QED) is 0.836. The van der Waals surface area contributed by atoms with E-state index < -0.39 is 0 Å². The SMILES string of the molecule is COc1ccc2c(=O)n(CCC(C)C)sc2c1. The van der Waals surface area contributed by atoms with Gasteiger partial charge in [0.15, 0.2) is 0 Å². The van der Waals surface area contributed by atoms with Crippen LogP contribution in [0.1, 0.15) is 20.3 Å². The Morgan fingerprint density at radius 2 is 2.18 bits per heavy atom. The van der Waals surface area contributed by atoms with Gasteiger partial charge in [0.25, 0.3) is 5.56 Å². The van der Waals surface area contributed by atoms with E-state index in [1.54, 1.807) is 7.11 Å². The average Bonchev–Trinajstić information content (AvgIpc) is 2.63. The van der Waals surface area contributed by atoms with Gasteiger partial charge in [-0.05, 0) is 30.5 Å². The molecule has 17 heavy (non-hydrogen) atoms. The summed E-state index contributed by atoms with van der Waals surface area (Å²) in [5.74, 6) is 1.41. The number of fused-ring (bicyclic) bond motifs is 1. The first-order valence-electron chi connectivity index (χ1n) is 5.79. The first kappa shape index (κ1) is 12.2. The van der Waals surface area contributed by atoms with Gasteiger partial charge in [-0.2, -0.15) is 0 Å². The Morgan fingerprint density at radius 3 is 2.82 bits per heavy atom. The Bertz CT molecular complexity index is 568. The minimum absolute atomic E-state index is 0.119. The second-order valence-corrected chi connectivity index (χ2v) is 5.61. The summed E-state index contributed by atoms with van der Waals surface area (Å²) in [6.07, 6.45) is 1.03. The van der Waals surface area contributed by atoms with Crippen LogP contribution in [0.25, 0.3) is 10.1 Å². The Morgan fingerprint density at radius 1 is 1.41 bits per heavy atom. The van der Waals surface area contributed by atoms with Gasteiger partial charge in [0.2, 0.25) is 0 Å². The lowest BCUT2D eigenvalue weighted by molar-refractivity contribution is 0.415. The van der Waals surface area contributed by atoms with E-state index in [0.717, 1.165) is 28.8 Å². The average molecular weight is 251 g/mol. The molecule has 0 aliphatic carbocycles. The van der Waals surface area contributed by atoms with Gasteiger partial charge in [-0.15, -0.1) is 0 Å². The van der Waals surface area contributed by atoms with Crippen LogP contribution in [0, 0.1) is 5.92 Å². The third kappa shape index (κ3) is 2.52. The molecule has 0 unspecified atom stereocenters. The van der Waals surface area contributed by atoms with Crippen LogP contribution in [-0.2, 0) is 6.54 Å². The van der Waals surface area contributed by atoms with Crippen molar-refractivity contribution in [3.8, 4) is 5.75 Å². The predicted molar refractivity (Wildman–Crippen MR) is 72.1 cm³/mol. The second-order valence-electron chi connectivity index (χ2n) is 4.54. The number of aromatic nitrogens is 1. The van der Waals surface area contributed by atoms with Crippen LogP contribution in [0.15, 0.2) is 23.0 Å². The van der Waals surface area contributed by atoms with Crippen molar-refractivity contribution in [2.45, 2.75) is 26.8 Å². The molecule has 0 amide bonds. The zero-order valence-corrected chi connectivity index (χ0v) is 11.2. The zero-order valence-electron chi connectivity index (χ0n) is 10.4.